The Labute approximate surface area is 187 Å². The van der Waals surface area contributed by atoms with Gasteiger partial charge in [-0.1, -0.05) is 0 Å². The molecule has 33 heavy (non-hydrogen) atoms. The number of carboxylic acid groups (broad SMARTS) is 1. The molecule has 15 heteroatoms. The number of carbonyl (C=O) groups is 1. The first-order valence-electron chi connectivity index (χ1n) is 9.84. The SMILES string of the molecule is Cn1cnc(S(=O)(=O)N2CC3(CCC(CNc4ncccn4)CO3)C2)c1.O=C(O)C(F)(F)F. The maximum Gasteiger partial charge on any atom is 0.490 e. The summed E-state index contributed by atoms with van der Waals surface area (Å²) in [6.07, 6.45) is 3.17. The number of ether oxygens (including phenoxy) is 1. The fourth-order valence-electron chi connectivity index (χ4n) is 3.37. The highest BCUT2D eigenvalue weighted by atomic mass is 32.2. The number of anilines is 1. The van der Waals surface area contributed by atoms with Crippen molar-refractivity contribution in [1.29, 1.82) is 0 Å². The van der Waals surface area contributed by atoms with E-state index in [1.807, 2.05) is 0 Å². The molecule has 2 N–H and O–H groups in total. The summed E-state index contributed by atoms with van der Waals surface area (Å²) in [6, 6.07) is 1.78. The molecule has 1 spiro atoms. The van der Waals surface area contributed by atoms with Gasteiger partial charge in [-0.25, -0.2) is 28.2 Å². The summed E-state index contributed by atoms with van der Waals surface area (Å²) in [5.41, 5.74) is -0.346. The molecule has 2 saturated heterocycles. The second-order valence-electron chi connectivity index (χ2n) is 7.81. The van der Waals surface area contributed by atoms with Gasteiger partial charge in [-0.05, 0) is 24.8 Å². The molecule has 182 valence electrons. The van der Waals surface area contributed by atoms with Crippen LogP contribution in [-0.2, 0) is 26.6 Å². The van der Waals surface area contributed by atoms with Crippen LogP contribution in [0.3, 0.4) is 0 Å². The maximum absolute atomic E-state index is 12.5. The van der Waals surface area contributed by atoms with E-state index in [-0.39, 0.29) is 10.6 Å². The molecular weight excluding hydrogens is 469 g/mol. The number of rotatable bonds is 5. The lowest BCUT2D eigenvalue weighted by Crippen LogP contribution is -2.66. The number of aliphatic carboxylic acids is 1. The van der Waals surface area contributed by atoms with Crippen LogP contribution >= 0.6 is 0 Å². The van der Waals surface area contributed by atoms with Crippen molar-refractivity contribution in [2.75, 3.05) is 31.6 Å². The van der Waals surface area contributed by atoms with Gasteiger partial charge in [0.05, 0.1) is 18.5 Å². The second-order valence-corrected chi connectivity index (χ2v) is 9.69. The molecule has 0 amide bonds. The average Bonchev–Trinajstić information content (AvgIpc) is 3.19. The van der Waals surface area contributed by atoms with Crippen molar-refractivity contribution in [3.63, 3.8) is 0 Å². The second kappa shape index (κ2) is 9.61. The van der Waals surface area contributed by atoms with Gasteiger partial charge in [0.1, 0.15) is 0 Å². The lowest BCUT2D eigenvalue weighted by molar-refractivity contribution is -0.192. The molecular formula is C18H23F3N6O5S. The van der Waals surface area contributed by atoms with E-state index in [4.69, 9.17) is 14.6 Å². The number of aromatic nitrogens is 4. The van der Waals surface area contributed by atoms with Crippen molar-refractivity contribution < 1.29 is 36.2 Å². The number of sulfonamides is 1. The zero-order valence-electron chi connectivity index (χ0n) is 17.6. The molecule has 2 aliphatic rings. The Kier molecular flexibility index (Phi) is 7.23. The highest BCUT2D eigenvalue weighted by molar-refractivity contribution is 7.89. The average molecular weight is 492 g/mol. The molecule has 4 rings (SSSR count). The summed E-state index contributed by atoms with van der Waals surface area (Å²) in [6.45, 7) is 2.15. The number of hydrogen-bond acceptors (Lipinski definition) is 8. The fourth-order valence-corrected chi connectivity index (χ4v) is 4.93. The van der Waals surface area contributed by atoms with E-state index in [2.05, 4.69) is 20.3 Å². The Morgan fingerprint density at radius 1 is 1.30 bits per heavy atom. The van der Waals surface area contributed by atoms with Gasteiger partial charge in [-0.2, -0.15) is 17.5 Å². The van der Waals surface area contributed by atoms with E-state index < -0.39 is 22.2 Å². The number of imidazole rings is 1. The first-order valence-corrected chi connectivity index (χ1v) is 11.3. The van der Waals surface area contributed by atoms with Crippen LogP contribution in [0.15, 0.2) is 36.0 Å². The monoisotopic (exact) mass is 492 g/mol. The molecule has 0 bridgehead atoms. The number of aryl methyl sites for hydroxylation is 1. The quantitative estimate of drug-likeness (QED) is 0.629. The van der Waals surface area contributed by atoms with Crippen molar-refractivity contribution in [3.05, 3.63) is 31.0 Å². The zero-order valence-corrected chi connectivity index (χ0v) is 18.4. The standard InChI is InChI=1S/C16H22N6O3S.C2HF3O2/c1-21-8-14(20-12-21)26(23,24)22-10-16(11-22)4-3-13(9-25-16)7-19-15-17-5-2-6-18-15;3-2(4,5)1(6)7/h2,5-6,8,12-13H,3-4,7,9-11H2,1H3,(H,17,18,19);(H,6,7). The highest BCUT2D eigenvalue weighted by Gasteiger charge is 2.51. The van der Waals surface area contributed by atoms with E-state index in [1.165, 1.54) is 16.8 Å². The smallest absolute Gasteiger partial charge is 0.475 e. The molecule has 4 heterocycles. The van der Waals surface area contributed by atoms with E-state index in [0.717, 1.165) is 19.4 Å². The van der Waals surface area contributed by atoms with Crippen LogP contribution in [0.4, 0.5) is 19.1 Å². The molecule has 2 fully saturated rings. The van der Waals surface area contributed by atoms with E-state index in [0.29, 0.717) is 31.6 Å². The Hall–Kier alpha value is -2.78. The topological polar surface area (TPSA) is 140 Å². The molecule has 0 aromatic carbocycles. The predicted octanol–water partition coefficient (Wildman–Crippen LogP) is 1.13. The summed E-state index contributed by atoms with van der Waals surface area (Å²) in [7, 11) is -1.77. The number of nitrogens with zero attached hydrogens (tertiary/aromatic N) is 5. The highest BCUT2D eigenvalue weighted by Crippen LogP contribution is 2.38. The zero-order chi connectivity index (χ0) is 24.3. The molecule has 0 radical (unpaired) electrons. The Morgan fingerprint density at radius 2 is 1.94 bits per heavy atom. The number of alkyl halides is 3. The minimum absolute atomic E-state index is 0.0931. The minimum atomic E-state index is -5.08. The molecule has 2 aliphatic heterocycles. The van der Waals surface area contributed by atoms with Crippen LogP contribution in [0.1, 0.15) is 12.8 Å². The van der Waals surface area contributed by atoms with Gasteiger partial charge in [0.25, 0.3) is 10.0 Å². The van der Waals surface area contributed by atoms with Crippen molar-refractivity contribution in [1.82, 2.24) is 23.8 Å². The first kappa shape index (κ1) is 24.9. The van der Waals surface area contributed by atoms with Crippen LogP contribution in [0.5, 0.6) is 0 Å². The van der Waals surface area contributed by atoms with Crippen molar-refractivity contribution in [2.45, 2.75) is 29.6 Å². The fraction of sp³-hybridized carbons (Fsp3) is 0.556. The van der Waals surface area contributed by atoms with E-state index >= 15 is 0 Å². The summed E-state index contributed by atoms with van der Waals surface area (Å²) in [5.74, 6) is -1.78. The van der Waals surface area contributed by atoms with Crippen LogP contribution in [0.2, 0.25) is 0 Å². The Bertz CT molecular complexity index is 1050. The van der Waals surface area contributed by atoms with E-state index in [9.17, 15) is 21.6 Å². The summed E-state index contributed by atoms with van der Waals surface area (Å²) >= 11 is 0. The molecule has 0 aliphatic carbocycles. The lowest BCUT2D eigenvalue weighted by atomic mass is 9.84. The van der Waals surface area contributed by atoms with Crippen molar-refractivity contribution in [2.24, 2.45) is 13.0 Å². The third-order valence-corrected chi connectivity index (χ3v) is 6.88. The van der Waals surface area contributed by atoms with Crippen LogP contribution < -0.4 is 5.32 Å². The molecule has 1 atom stereocenters. The number of halogens is 3. The van der Waals surface area contributed by atoms with Gasteiger partial charge in [-0.3, -0.25) is 0 Å². The maximum atomic E-state index is 12.5. The number of nitrogens with one attached hydrogen (secondary N) is 1. The van der Waals surface area contributed by atoms with Gasteiger partial charge < -0.3 is 19.7 Å². The van der Waals surface area contributed by atoms with Crippen molar-refractivity contribution >= 4 is 21.9 Å². The van der Waals surface area contributed by atoms with Gasteiger partial charge in [0.15, 0.2) is 5.03 Å². The Balaban J connectivity index is 0.000000383. The third kappa shape index (κ3) is 6.17. The molecule has 1 unspecified atom stereocenters. The van der Waals surface area contributed by atoms with Gasteiger partial charge >= 0.3 is 12.1 Å². The van der Waals surface area contributed by atoms with Gasteiger partial charge in [-0.15, -0.1) is 0 Å². The van der Waals surface area contributed by atoms with E-state index in [1.54, 1.807) is 30.1 Å². The third-order valence-electron chi connectivity index (χ3n) is 5.20. The molecule has 0 saturated carbocycles. The van der Waals surface area contributed by atoms with Crippen LogP contribution in [0, 0.1) is 5.92 Å². The van der Waals surface area contributed by atoms with Gasteiger partial charge in [0.2, 0.25) is 5.95 Å². The predicted molar refractivity (Wildman–Crippen MR) is 108 cm³/mol. The largest absolute Gasteiger partial charge is 0.490 e. The van der Waals surface area contributed by atoms with Crippen LogP contribution in [0.25, 0.3) is 0 Å². The number of hydrogen-bond donors (Lipinski definition) is 2. The summed E-state index contributed by atoms with van der Waals surface area (Å²) in [5, 5.41) is 10.4. The lowest BCUT2D eigenvalue weighted by Gasteiger charge is -2.51. The normalized spacial score (nSPS) is 20.4. The molecule has 2 aromatic heterocycles. The van der Waals surface area contributed by atoms with Crippen molar-refractivity contribution in [3.8, 4) is 0 Å². The van der Waals surface area contributed by atoms with Gasteiger partial charge in [0, 0.05) is 45.3 Å². The number of carboxylic acids is 1. The molecule has 11 nitrogen and oxygen atoms in total. The minimum Gasteiger partial charge on any atom is -0.475 e. The Morgan fingerprint density at radius 3 is 2.42 bits per heavy atom. The summed E-state index contributed by atoms with van der Waals surface area (Å²) < 4.78 is 66.0. The van der Waals surface area contributed by atoms with Crippen LogP contribution in [-0.4, -0.2) is 81.3 Å². The first-order chi connectivity index (χ1) is 15.4. The molecule has 2 aromatic rings. The summed E-state index contributed by atoms with van der Waals surface area (Å²) in [4.78, 5) is 21.1.